The van der Waals surface area contributed by atoms with Crippen molar-refractivity contribution in [1.29, 1.82) is 0 Å². The Morgan fingerprint density at radius 3 is 3.00 bits per heavy atom. The Balaban J connectivity index is 1.94. The molecule has 3 aliphatic carbocycles. The van der Waals surface area contributed by atoms with Gasteiger partial charge in [-0.25, -0.2) is 0 Å². The summed E-state index contributed by atoms with van der Waals surface area (Å²) in [6, 6.07) is 0. The van der Waals surface area contributed by atoms with E-state index in [9.17, 15) is 5.11 Å². The van der Waals surface area contributed by atoms with Crippen molar-refractivity contribution in [2.45, 2.75) is 51.0 Å². The lowest BCUT2D eigenvalue weighted by atomic mass is 9.64. The maximum atomic E-state index is 9.89. The summed E-state index contributed by atoms with van der Waals surface area (Å²) < 4.78 is 0. The number of aliphatic hydroxyl groups excluding tert-OH is 1. The van der Waals surface area contributed by atoms with Crippen molar-refractivity contribution < 1.29 is 5.11 Å². The summed E-state index contributed by atoms with van der Waals surface area (Å²) in [6.07, 6.45) is 13.9. The Morgan fingerprint density at radius 2 is 2.21 bits per heavy atom. The Morgan fingerprint density at radius 1 is 1.36 bits per heavy atom. The van der Waals surface area contributed by atoms with E-state index in [0.717, 1.165) is 12.8 Å². The first-order valence-corrected chi connectivity index (χ1v) is 5.86. The van der Waals surface area contributed by atoms with Gasteiger partial charge >= 0.3 is 0 Å². The van der Waals surface area contributed by atoms with E-state index in [1.807, 2.05) is 0 Å². The van der Waals surface area contributed by atoms with E-state index in [4.69, 9.17) is 6.42 Å². The second-order valence-corrected chi connectivity index (χ2v) is 5.59. The van der Waals surface area contributed by atoms with Gasteiger partial charge in [0.2, 0.25) is 0 Å². The second kappa shape index (κ2) is 2.55. The SMILES string of the molecule is C#CC[C@]12CCC[C@]13C[C@@H]3[C@H](O)CC2. The smallest absolute Gasteiger partial charge is 0.0574 e. The zero-order chi connectivity index (χ0) is 9.81. The van der Waals surface area contributed by atoms with Crippen LogP contribution in [0.25, 0.3) is 0 Å². The van der Waals surface area contributed by atoms with Crippen molar-refractivity contribution in [2.24, 2.45) is 16.7 Å². The topological polar surface area (TPSA) is 20.2 Å². The highest BCUT2D eigenvalue weighted by Crippen LogP contribution is 2.77. The van der Waals surface area contributed by atoms with Crippen LogP contribution in [0.4, 0.5) is 0 Å². The number of hydrogen-bond acceptors (Lipinski definition) is 1. The fraction of sp³-hybridized carbons (Fsp3) is 0.846. The van der Waals surface area contributed by atoms with E-state index in [1.54, 1.807) is 0 Å². The quantitative estimate of drug-likeness (QED) is 0.629. The first-order valence-electron chi connectivity index (χ1n) is 5.86. The highest BCUT2D eigenvalue weighted by molar-refractivity contribution is 5.22. The molecule has 3 rings (SSSR count). The van der Waals surface area contributed by atoms with Crippen molar-refractivity contribution in [1.82, 2.24) is 0 Å². The Labute approximate surface area is 85.9 Å². The molecular weight excluding hydrogens is 172 g/mol. The zero-order valence-electron chi connectivity index (χ0n) is 8.63. The van der Waals surface area contributed by atoms with E-state index in [1.165, 1.54) is 32.1 Å². The fourth-order valence-corrected chi connectivity index (χ4v) is 4.54. The van der Waals surface area contributed by atoms with Crippen LogP contribution in [0, 0.1) is 29.1 Å². The van der Waals surface area contributed by atoms with Gasteiger partial charge in [0.1, 0.15) is 0 Å². The molecule has 0 aromatic heterocycles. The van der Waals surface area contributed by atoms with Crippen LogP contribution in [-0.4, -0.2) is 11.2 Å². The van der Waals surface area contributed by atoms with Gasteiger partial charge in [-0.05, 0) is 48.9 Å². The summed E-state index contributed by atoms with van der Waals surface area (Å²) in [5.41, 5.74) is 0.919. The van der Waals surface area contributed by atoms with Crippen LogP contribution in [0.1, 0.15) is 44.9 Å². The molecular formula is C13H18O. The predicted octanol–water partition coefficient (Wildman–Crippen LogP) is 2.34. The monoisotopic (exact) mass is 190 g/mol. The van der Waals surface area contributed by atoms with Gasteiger partial charge in [-0.3, -0.25) is 0 Å². The molecule has 3 saturated carbocycles. The van der Waals surface area contributed by atoms with Crippen molar-refractivity contribution >= 4 is 0 Å². The van der Waals surface area contributed by atoms with E-state index in [0.29, 0.717) is 16.7 Å². The Kier molecular flexibility index (Phi) is 1.60. The van der Waals surface area contributed by atoms with Gasteiger partial charge in [0.25, 0.3) is 0 Å². The molecule has 0 radical (unpaired) electrons. The maximum Gasteiger partial charge on any atom is 0.0574 e. The lowest BCUT2D eigenvalue weighted by molar-refractivity contribution is 0.0214. The largest absolute Gasteiger partial charge is 0.393 e. The van der Waals surface area contributed by atoms with E-state index in [2.05, 4.69) is 5.92 Å². The molecule has 3 fully saturated rings. The first-order chi connectivity index (χ1) is 6.74. The van der Waals surface area contributed by atoms with E-state index < -0.39 is 0 Å². The number of hydrogen-bond donors (Lipinski definition) is 1. The summed E-state index contributed by atoms with van der Waals surface area (Å²) in [6.45, 7) is 0. The van der Waals surface area contributed by atoms with Crippen molar-refractivity contribution in [3.8, 4) is 12.3 Å². The van der Waals surface area contributed by atoms with Crippen LogP contribution < -0.4 is 0 Å². The van der Waals surface area contributed by atoms with Gasteiger partial charge in [-0.1, -0.05) is 6.42 Å². The molecule has 14 heavy (non-hydrogen) atoms. The third kappa shape index (κ3) is 0.816. The van der Waals surface area contributed by atoms with E-state index >= 15 is 0 Å². The average molecular weight is 190 g/mol. The minimum Gasteiger partial charge on any atom is -0.393 e. The molecule has 3 aliphatic rings. The molecule has 0 bridgehead atoms. The number of rotatable bonds is 1. The molecule has 0 saturated heterocycles. The summed E-state index contributed by atoms with van der Waals surface area (Å²) in [4.78, 5) is 0. The van der Waals surface area contributed by atoms with Gasteiger partial charge in [-0.2, -0.15) is 0 Å². The molecule has 0 unspecified atom stereocenters. The van der Waals surface area contributed by atoms with Crippen molar-refractivity contribution in [3.05, 3.63) is 0 Å². The molecule has 76 valence electrons. The van der Waals surface area contributed by atoms with E-state index in [-0.39, 0.29) is 6.10 Å². The molecule has 1 nitrogen and oxygen atoms in total. The van der Waals surface area contributed by atoms with Gasteiger partial charge in [0, 0.05) is 6.42 Å². The molecule has 1 heteroatoms. The van der Waals surface area contributed by atoms with Crippen molar-refractivity contribution in [3.63, 3.8) is 0 Å². The van der Waals surface area contributed by atoms with Crippen LogP contribution in [0.2, 0.25) is 0 Å². The number of aliphatic hydroxyl groups is 1. The first kappa shape index (κ1) is 8.80. The summed E-state index contributed by atoms with van der Waals surface area (Å²) in [5.74, 6) is 3.49. The molecule has 0 aromatic rings. The predicted molar refractivity (Wildman–Crippen MR) is 55.5 cm³/mol. The lowest BCUT2D eigenvalue weighted by Crippen LogP contribution is -2.36. The standard InChI is InChI=1S/C13H18O/c1-2-5-12-6-3-7-13(12)9-10(13)11(14)4-8-12/h1,10-11,14H,3-9H2/t10-,11-,12-,13-/m1/s1. The van der Waals surface area contributed by atoms with Gasteiger partial charge in [0.15, 0.2) is 0 Å². The van der Waals surface area contributed by atoms with Crippen molar-refractivity contribution in [2.75, 3.05) is 0 Å². The van der Waals surface area contributed by atoms with Crippen LogP contribution in [0.15, 0.2) is 0 Å². The highest BCUT2D eigenvalue weighted by Gasteiger charge is 2.71. The average Bonchev–Trinajstić information content (AvgIpc) is 2.79. The molecule has 0 aromatic carbocycles. The molecule has 1 spiro atoms. The summed E-state index contributed by atoms with van der Waals surface area (Å²) in [5, 5.41) is 9.89. The Hall–Kier alpha value is -0.480. The minimum absolute atomic E-state index is 0.0148. The zero-order valence-corrected chi connectivity index (χ0v) is 8.63. The normalized spacial score (nSPS) is 54.6. The third-order valence-electron chi connectivity index (χ3n) is 5.29. The third-order valence-corrected chi connectivity index (χ3v) is 5.29. The Bertz CT molecular complexity index is 303. The summed E-state index contributed by atoms with van der Waals surface area (Å²) >= 11 is 0. The van der Waals surface area contributed by atoms with Gasteiger partial charge in [0.05, 0.1) is 6.10 Å². The minimum atomic E-state index is -0.0148. The van der Waals surface area contributed by atoms with Crippen LogP contribution in [0.5, 0.6) is 0 Å². The summed E-state index contributed by atoms with van der Waals surface area (Å²) in [7, 11) is 0. The fourth-order valence-electron chi connectivity index (χ4n) is 4.54. The lowest BCUT2D eigenvalue weighted by Gasteiger charge is -2.40. The van der Waals surface area contributed by atoms with Crippen LogP contribution >= 0.6 is 0 Å². The highest BCUT2D eigenvalue weighted by atomic mass is 16.3. The van der Waals surface area contributed by atoms with Gasteiger partial charge < -0.3 is 5.11 Å². The molecule has 0 heterocycles. The van der Waals surface area contributed by atoms with Crippen LogP contribution in [0.3, 0.4) is 0 Å². The van der Waals surface area contributed by atoms with Gasteiger partial charge in [-0.15, -0.1) is 12.3 Å². The van der Waals surface area contributed by atoms with Crippen LogP contribution in [-0.2, 0) is 0 Å². The molecule has 0 amide bonds. The number of terminal acetylenes is 1. The second-order valence-electron chi connectivity index (χ2n) is 5.59. The molecule has 0 aliphatic heterocycles. The maximum absolute atomic E-state index is 9.89. The molecule has 4 atom stereocenters. The molecule has 1 N–H and O–H groups in total.